The molecule has 0 saturated carbocycles. The molecule has 1 aliphatic rings. The first kappa shape index (κ1) is 12.8. The van der Waals surface area contributed by atoms with Gasteiger partial charge in [0.15, 0.2) is 6.29 Å². The Balaban J connectivity index is 1.97. The van der Waals surface area contributed by atoms with E-state index >= 15 is 0 Å². The molecule has 2 rings (SSSR count). The molecule has 0 N–H and O–H groups in total. The van der Waals surface area contributed by atoms with Gasteiger partial charge in [-0.1, -0.05) is 23.7 Å². The van der Waals surface area contributed by atoms with Crippen LogP contribution in [0.2, 0.25) is 5.02 Å². The standard InChI is InChI=1S/C12H15ClO4/c13-11-4-2-10(3-5-11)12-16-8-14-6-1-7-15-9-17-12/h2-5,12H,1,6-9H2. The van der Waals surface area contributed by atoms with Crippen molar-refractivity contribution in [2.24, 2.45) is 0 Å². The van der Waals surface area contributed by atoms with Gasteiger partial charge in [0, 0.05) is 10.6 Å². The van der Waals surface area contributed by atoms with Crippen molar-refractivity contribution in [1.29, 1.82) is 0 Å². The normalized spacial score (nSPS) is 20.1. The molecule has 0 aliphatic carbocycles. The molecular weight excluding hydrogens is 244 g/mol. The van der Waals surface area contributed by atoms with Crippen molar-refractivity contribution in [1.82, 2.24) is 0 Å². The minimum atomic E-state index is -0.481. The first-order chi connectivity index (χ1) is 8.36. The second-order valence-corrected chi connectivity index (χ2v) is 4.06. The first-order valence-electron chi connectivity index (χ1n) is 5.50. The summed E-state index contributed by atoms with van der Waals surface area (Å²) in [5.74, 6) is 0. The van der Waals surface area contributed by atoms with Crippen LogP contribution < -0.4 is 0 Å². The van der Waals surface area contributed by atoms with Crippen molar-refractivity contribution in [3.63, 3.8) is 0 Å². The molecule has 0 aromatic heterocycles. The topological polar surface area (TPSA) is 36.9 Å². The van der Waals surface area contributed by atoms with E-state index in [1.807, 2.05) is 12.1 Å². The van der Waals surface area contributed by atoms with E-state index in [4.69, 9.17) is 30.5 Å². The molecule has 0 atom stereocenters. The maximum atomic E-state index is 5.83. The summed E-state index contributed by atoms with van der Waals surface area (Å²) >= 11 is 5.83. The van der Waals surface area contributed by atoms with E-state index in [1.165, 1.54) is 0 Å². The van der Waals surface area contributed by atoms with Crippen LogP contribution in [0.4, 0.5) is 0 Å². The fourth-order valence-electron chi connectivity index (χ4n) is 1.46. The Labute approximate surface area is 105 Å². The van der Waals surface area contributed by atoms with Crippen LogP contribution in [-0.4, -0.2) is 26.8 Å². The highest BCUT2D eigenvalue weighted by atomic mass is 35.5. The van der Waals surface area contributed by atoms with Crippen molar-refractivity contribution in [3.05, 3.63) is 34.9 Å². The third-order valence-corrected chi connectivity index (χ3v) is 2.58. The SMILES string of the molecule is Clc1ccc(C2OCOCCCOCO2)cc1. The number of rotatable bonds is 1. The summed E-state index contributed by atoms with van der Waals surface area (Å²) in [6, 6.07) is 7.31. The Morgan fingerprint density at radius 1 is 0.941 bits per heavy atom. The highest BCUT2D eigenvalue weighted by Crippen LogP contribution is 2.21. The van der Waals surface area contributed by atoms with Crippen molar-refractivity contribution < 1.29 is 18.9 Å². The fraction of sp³-hybridized carbons (Fsp3) is 0.500. The van der Waals surface area contributed by atoms with Gasteiger partial charge < -0.3 is 18.9 Å². The zero-order valence-corrected chi connectivity index (χ0v) is 10.2. The lowest BCUT2D eigenvalue weighted by molar-refractivity contribution is -0.241. The maximum absolute atomic E-state index is 5.83. The maximum Gasteiger partial charge on any atom is 0.189 e. The summed E-state index contributed by atoms with van der Waals surface area (Å²) < 4.78 is 21.5. The smallest absolute Gasteiger partial charge is 0.189 e. The molecular formula is C12H15ClO4. The minimum Gasteiger partial charge on any atom is -0.355 e. The molecule has 94 valence electrons. The van der Waals surface area contributed by atoms with Crippen molar-refractivity contribution in [2.45, 2.75) is 12.7 Å². The van der Waals surface area contributed by atoms with Gasteiger partial charge in [-0.05, 0) is 18.6 Å². The Morgan fingerprint density at radius 2 is 1.53 bits per heavy atom. The van der Waals surface area contributed by atoms with E-state index in [9.17, 15) is 0 Å². The molecule has 0 unspecified atom stereocenters. The first-order valence-corrected chi connectivity index (χ1v) is 5.88. The van der Waals surface area contributed by atoms with Gasteiger partial charge in [-0.3, -0.25) is 0 Å². The van der Waals surface area contributed by atoms with E-state index in [0.29, 0.717) is 18.2 Å². The molecule has 1 aliphatic heterocycles. The zero-order chi connectivity index (χ0) is 11.9. The van der Waals surface area contributed by atoms with E-state index < -0.39 is 6.29 Å². The largest absolute Gasteiger partial charge is 0.355 e. The van der Waals surface area contributed by atoms with E-state index in [1.54, 1.807) is 12.1 Å². The summed E-state index contributed by atoms with van der Waals surface area (Å²) in [4.78, 5) is 0. The molecule has 0 spiro atoms. The quantitative estimate of drug-likeness (QED) is 0.776. The minimum absolute atomic E-state index is 0.216. The van der Waals surface area contributed by atoms with Crippen LogP contribution in [0, 0.1) is 0 Å². The van der Waals surface area contributed by atoms with Gasteiger partial charge in [0.05, 0.1) is 13.2 Å². The molecule has 1 aromatic rings. The summed E-state index contributed by atoms with van der Waals surface area (Å²) in [7, 11) is 0. The van der Waals surface area contributed by atoms with Crippen LogP contribution >= 0.6 is 11.6 Å². The number of ether oxygens (including phenoxy) is 4. The van der Waals surface area contributed by atoms with Gasteiger partial charge in [-0.2, -0.15) is 0 Å². The predicted molar refractivity (Wildman–Crippen MR) is 62.6 cm³/mol. The molecule has 5 heteroatoms. The van der Waals surface area contributed by atoms with Crippen molar-refractivity contribution in [3.8, 4) is 0 Å². The van der Waals surface area contributed by atoms with Gasteiger partial charge in [-0.15, -0.1) is 0 Å². The number of hydrogen-bond acceptors (Lipinski definition) is 4. The van der Waals surface area contributed by atoms with Crippen LogP contribution in [0.25, 0.3) is 0 Å². The fourth-order valence-corrected chi connectivity index (χ4v) is 1.59. The average molecular weight is 259 g/mol. The number of hydrogen-bond donors (Lipinski definition) is 0. The van der Waals surface area contributed by atoms with Crippen LogP contribution in [0.3, 0.4) is 0 Å². The Hall–Kier alpha value is -0.650. The lowest BCUT2D eigenvalue weighted by Crippen LogP contribution is -2.16. The van der Waals surface area contributed by atoms with Gasteiger partial charge in [0.25, 0.3) is 0 Å². The van der Waals surface area contributed by atoms with Crippen LogP contribution in [0.5, 0.6) is 0 Å². The molecule has 0 bridgehead atoms. The third-order valence-electron chi connectivity index (χ3n) is 2.33. The van der Waals surface area contributed by atoms with Crippen molar-refractivity contribution in [2.75, 3.05) is 26.8 Å². The predicted octanol–water partition coefficient (Wildman–Crippen LogP) is 2.72. The summed E-state index contributed by atoms with van der Waals surface area (Å²) in [6.45, 7) is 1.70. The second kappa shape index (κ2) is 6.93. The molecule has 1 heterocycles. The molecule has 4 nitrogen and oxygen atoms in total. The Morgan fingerprint density at radius 3 is 2.12 bits per heavy atom. The second-order valence-electron chi connectivity index (χ2n) is 3.62. The van der Waals surface area contributed by atoms with Crippen molar-refractivity contribution >= 4 is 11.6 Å². The summed E-state index contributed by atoms with van der Waals surface area (Å²) in [5.41, 5.74) is 0.891. The van der Waals surface area contributed by atoms with Gasteiger partial charge in [0.1, 0.15) is 13.6 Å². The Kier molecular flexibility index (Phi) is 5.22. The average Bonchev–Trinajstić information content (AvgIpc) is 2.37. The molecule has 0 amide bonds. The molecule has 17 heavy (non-hydrogen) atoms. The lowest BCUT2D eigenvalue weighted by Gasteiger charge is -2.20. The monoisotopic (exact) mass is 258 g/mol. The highest BCUT2D eigenvalue weighted by molar-refractivity contribution is 6.30. The van der Waals surface area contributed by atoms with Gasteiger partial charge >= 0.3 is 0 Å². The van der Waals surface area contributed by atoms with Crippen LogP contribution in [0.1, 0.15) is 18.3 Å². The number of halogens is 1. The molecule has 0 radical (unpaired) electrons. The molecule has 1 fully saturated rings. The van der Waals surface area contributed by atoms with Crippen LogP contribution in [0.15, 0.2) is 24.3 Å². The molecule has 1 saturated heterocycles. The third kappa shape index (κ3) is 4.26. The summed E-state index contributed by atoms with van der Waals surface area (Å²) in [6.07, 6.45) is 0.364. The molecule has 1 aromatic carbocycles. The van der Waals surface area contributed by atoms with E-state index in [0.717, 1.165) is 12.0 Å². The lowest BCUT2D eigenvalue weighted by atomic mass is 10.2. The highest BCUT2D eigenvalue weighted by Gasteiger charge is 2.13. The summed E-state index contributed by atoms with van der Waals surface area (Å²) in [5, 5.41) is 0.682. The van der Waals surface area contributed by atoms with E-state index in [2.05, 4.69) is 0 Å². The van der Waals surface area contributed by atoms with Gasteiger partial charge in [0.2, 0.25) is 0 Å². The van der Waals surface area contributed by atoms with E-state index in [-0.39, 0.29) is 13.6 Å². The Bertz CT molecular complexity index is 318. The number of benzene rings is 1. The van der Waals surface area contributed by atoms with Crippen LogP contribution in [-0.2, 0) is 18.9 Å². The zero-order valence-electron chi connectivity index (χ0n) is 9.43. The van der Waals surface area contributed by atoms with Gasteiger partial charge in [-0.25, -0.2) is 0 Å².